The molecule has 1 aromatic rings. The van der Waals surface area contributed by atoms with Crippen molar-refractivity contribution in [1.82, 2.24) is 5.32 Å². The van der Waals surface area contributed by atoms with Crippen molar-refractivity contribution in [2.45, 2.75) is 25.8 Å². The van der Waals surface area contributed by atoms with Crippen LogP contribution >= 0.6 is 0 Å². The van der Waals surface area contributed by atoms with Crippen LogP contribution in [0.2, 0.25) is 0 Å². The third-order valence-corrected chi connectivity index (χ3v) is 3.45. The summed E-state index contributed by atoms with van der Waals surface area (Å²) in [5.74, 6) is 1.35. The Morgan fingerprint density at radius 3 is 2.90 bits per heavy atom. The molecule has 5 heteroatoms. The third-order valence-electron chi connectivity index (χ3n) is 3.45. The maximum absolute atomic E-state index is 11.7. The maximum Gasteiger partial charge on any atom is 0.231 e. The minimum Gasteiger partial charge on any atom is -0.454 e. The normalized spacial score (nSPS) is 20.6. The maximum atomic E-state index is 11.7. The van der Waals surface area contributed by atoms with Gasteiger partial charge in [0, 0.05) is 13.3 Å². The lowest BCUT2D eigenvalue weighted by molar-refractivity contribution is -0.120. The Balaban J connectivity index is 1.96. The number of nitrogens with one attached hydrogen (secondary N) is 1. The SMILES string of the molecule is CC(=O)N[C@H]1CCC(=O)C=C1c1ccc2c(c1)OCO2. The molecule has 1 aromatic carbocycles. The fourth-order valence-corrected chi connectivity index (χ4v) is 2.54. The van der Waals surface area contributed by atoms with Crippen LogP contribution in [0.5, 0.6) is 11.5 Å². The summed E-state index contributed by atoms with van der Waals surface area (Å²) in [5.41, 5.74) is 1.70. The molecule has 0 aromatic heterocycles. The van der Waals surface area contributed by atoms with Crippen molar-refractivity contribution in [3.8, 4) is 11.5 Å². The standard InChI is InChI=1S/C15H15NO4/c1-9(17)16-13-4-3-11(18)7-12(13)10-2-5-14-15(6-10)20-8-19-14/h2,5-7,13H,3-4,8H2,1H3,(H,16,17)/t13-/m0/s1. The van der Waals surface area contributed by atoms with Gasteiger partial charge in [-0.1, -0.05) is 6.07 Å². The summed E-state index contributed by atoms with van der Waals surface area (Å²) in [5, 5.41) is 2.89. The number of benzene rings is 1. The van der Waals surface area contributed by atoms with Crippen LogP contribution in [0.3, 0.4) is 0 Å². The van der Waals surface area contributed by atoms with Gasteiger partial charge in [-0.15, -0.1) is 0 Å². The number of ketones is 1. The highest BCUT2D eigenvalue weighted by molar-refractivity contribution is 6.00. The first-order valence-electron chi connectivity index (χ1n) is 6.55. The Hall–Kier alpha value is -2.30. The highest BCUT2D eigenvalue weighted by atomic mass is 16.7. The van der Waals surface area contributed by atoms with Crippen molar-refractivity contribution in [2.75, 3.05) is 6.79 Å². The van der Waals surface area contributed by atoms with Gasteiger partial charge in [-0.25, -0.2) is 0 Å². The molecule has 20 heavy (non-hydrogen) atoms. The Bertz CT molecular complexity index is 606. The van der Waals surface area contributed by atoms with Gasteiger partial charge in [-0.3, -0.25) is 9.59 Å². The average Bonchev–Trinajstić information content (AvgIpc) is 2.87. The Labute approximate surface area is 116 Å². The molecule has 3 rings (SSSR count). The lowest BCUT2D eigenvalue weighted by Gasteiger charge is -2.24. The van der Waals surface area contributed by atoms with Crippen molar-refractivity contribution in [1.29, 1.82) is 0 Å². The van der Waals surface area contributed by atoms with E-state index in [4.69, 9.17) is 9.47 Å². The van der Waals surface area contributed by atoms with Crippen LogP contribution < -0.4 is 14.8 Å². The number of allylic oxidation sites excluding steroid dienone is 1. The minimum atomic E-state index is -0.134. The van der Waals surface area contributed by atoms with Gasteiger partial charge in [0.05, 0.1) is 6.04 Å². The number of fused-ring (bicyclic) bond motifs is 1. The number of carbonyl (C=O) groups excluding carboxylic acids is 2. The van der Waals surface area contributed by atoms with Crippen LogP contribution in [0.4, 0.5) is 0 Å². The zero-order valence-corrected chi connectivity index (χ0v) is 11.1. The van der Waals surface area contributed by atoms with Crippen molar-refractivity contribution in [3.63, 3.8) is 0 Å². The molecule has 1 aliphatic heterocycles. The second-order valence-electron chi connectivity index (χ2n) is 4.93. The highest BCUT2D eigenvalue weighted by Gasteiger charge is 2.25. The van der Waals surface area contributed by atoms with Gasteiger partial charge in [-0.05, 0) is 35.8 Å². The number of hydrogen-bond donors (Lipinski definition) is 1. The van der Waals surface area contributed by atoms with E-state index >= 15 is 0 Å². The summed E-state index contributed by atoms with van der Waals surface area (Å²) in [6.07, 6.45) is 2.69. The first-order chi connectivity index (χ1) is 9.63. The molecular formula is C15H15NO4. The third kappa shape index (κ3) is 2.39. The quantitative estimate of drug-likeness (QED) is 0.890. The van der Waals surface area contributed by atoms with Gasteiger partial charge < -0.3 is 14.8 Å². The van der Waals surface area contributed by atoms with E-state index in [2.05, 4.69) is 5.32 Å². The van der Waals surface area contributed by atoms with Crippen molar-refractivity contribution in [3.05, 3.63) is 29.8 Å². The molecule has 0 radical (unpaired) electrons. The smallest absolute Gasteiger partial charge is 0.231 e. The van der Waals surface area contributed by atoms with Gasteiger partial charge in [0.15, 0.2) is 17.3 Å². The molecule has 0 unspecified atom stereocenters. The van der Waals surface area contributed by atoms with Crippen LogP contribution in [-0.2, 0) is 9.59 Å². The zero-order chi connectivity index (χ0) is 14.1. The average molecular weight is 273 g/mol. The van der Waals surface area contributed by atoms with Crippen LogP contribution in [-0.4, -0.2) is 24.5 Å². The number of hydrogen-bond acceptors (Lipinski definition) is 4. The largest absolute Gasteiger partial charge is 0.454 e. The van der Waals surface area contributed by atoms with Crippen molar-refractivity contribution < 1.29 is 19.1 Å². The fraction of sp³-hybridized carbons (Fsp3) is 0.333. The van der Waals surface area contributed by atoms with Crippen LogP contribution in [0.1, 0.15) is 25.3 Å². The van der Waals surface area contributed by atoms with E-state index in [0.29, 0.717) is 24.3 Å². The van der Waals surface area contributed by atoms with Crippen molar-refractivity contribution >= 4 is 17.3 Å². The molecular weight excluding hydrogens is 258 g/mol. The molecule has 1 N–H and O–H groups in total. The number of carbonyl (C=O) groups is 2. The molecule has 0 fully saturated rings. The Morgan fingerprint density at radius 2 is 2.10 bits per heavy atom. The second kappa shape index (κ2) is 5.00. The molecule has 0 saturated carbocycles. The molecule has 0 spiro atoms. The van der Waals surface area contributed by atoms with Gasteiger partial charge in [0.2, 0.25) is 12.7 Å². The molecule has 104 valence electrons. The Morgan fingerprint density at radius 1 is 1.30 bits per heavy atom. The molecule has 0 bridgehead atoms. The topological polar surface area (TPSA) is 64.6 Å². The van der Waals surface area contributed by atoms with E-state index < -0.39 is 0 Å². The second-order valence-corrected chi connectivity index (χ2v) is 4.93. The zero-order valence-electron chi connectivity index (χ0n) is 11.1. The Kier molecular flexibility index (Phi) is 3.18. The number of amides is 1. The minimum absolute atomic E-state index is 0.0827. The number of rotatable bonds is 2. The molecule has 0 saturated heterocycles. The molecule has 1 atom stereocenters. The van der Waals surface area contributed by atoms with Gasteiger partial charge in [0.1, 0.15) is 0 Å². The molecule has 1 aliphatic carbocycles. The van der Waals surface area contributed by atoms with Gasteiger partial charge >= 0.3 is 0 Å². The monoisotopic (exact) mass is 273 g/mol. The summed E-state index contributed by atoms with van der Waals surface area (Å²) in [7, 11) is 0. The summed E-state index contributed by atoms with van der Waals surface area (Å²) in [6, 6.07) is 5.42. The van der Waals surface area contributed by atoms with Crippen LogP contribution in [0.15, 0.2) is 24.3 Å². The van der Waals surface area contributed by atoms with E-state index in [1.54, 1.807) is 6.08 Å². The molecule has 1 amide bonds. The summed E-state index contributed by atoms with van der Waals surface area (Å²) in [4.78, 5) is 23.0. The lowest BCUT2D eigenvalue weighted by atomic mass is 9.88. The van der Waals surface area contributed by atoms with Gasteiger partial charge in [0.25, 0.3) is 0 Å². The van der Waals surface area contributed by atoms with E-state index in [9.17, 15) is 9.59 Å². The predicted octanol–water partition coefficient (Wildman–Crippen LogP) is 1.67. The van der Waals surface area contributed by atoms with Gasteiger partial charge in [-0.2, -0.15) is 0 Å². The van der Waals surface area contributed by atoms with E-state index in [-0.39, 0.29) is 24.5 Å². The lowest BCUT2D eigenvalue weighted by Crippen LogP contribution is -2.36. The predicted molar refractivity (Wildman–Crippen MR) is 72.4 cm³/mol. The first-order valence-corrected chi connectivity index (χ1v) is 6.55. The van der Waals surface area contributed by atoms with Crippen molar-refractivity contribution in [2.24, 2.45) is 0 Å². The van der Waals surface area contributed by atoms with Crippen LogP contribution in [0.25, 0.3) is 5.57 Å². The summed E-state index contributed by atoms with van der Waals surface area (Å²) < 4.78 is 10.6. The fourth-order valence-electron chi connectivity index (χ4n) is 2.54. The highest BCUT2D eigenvalue weighted by Crippen LogP contribution is 2.36. The summed E-state index contributed by atoms with van der Waals surface area (Å²) >= 11 is 0. The van der Waals surface area contributed by atoms with Crippen LogP contribution in [0, 0.1) is 0 Å². The molecule has 2 aliphatic rings. The molecule has 5 nitrogen and oxygen atoms in total. The van der Waals surface area contributed by atoms with E-state index in [0.717, 1.165) is 11.1 Å². The first kappa shape index (κ1) is 12.7. The number of ether oxygens (including phenoxy) is 2. The van der Waals surface area contributed by atoms with E-state index in [1.165, 1.54) is 6.92 Å². The summed E-state index contributed by atoms with van der Waals surface area (Å²) in [6.45, 7) is 1.69. The molecule has 1 heterocycles. The van der Waals surface area contributed by atoms with E-state index in [1.807, 2.05) is 18.2 Å².